The van der Waals surface area contributed by atoms with E-state index in [1.807, 2.05) is 24.3 Å². The van der Waals surface area contributed by atoms with Crippen LogP contribution in [0.5, 0.6) is 11.5 Å². The Kier molecular flexibility index (Phi) is 6.25. The van der Waals surface area contributed by atoms with Crippen molar-refractivity contribution in [3.63, 3.8) is 0 Å². The van der Waals surface area contributed by atoms with Crippen molar-refractivity contribution in [2.75, 3.05) is 19.7 Å². The second-order valence-corrected chi connectivity index (χ2v) is 6.12. The van der Waals surface area contributed by atoms with Crippen LogP contribution in [-0.2, 0) is 4.79 Å². The number of hydrogen-bond acceptors (Lipinski definition) is 4. The highest BCUT2D eigenvalue weighted by Gasteiger charge is 2.20. The molecule has 3 rings (SSSR count). The lowest BCUT2D eigenvalue weighted by Crippen LogP contribution is -2.35. The number of halogens is 1. The Bertz CT molecular complexity index is 812. The summed E-state index contributed by atoms with van der Waals surface area (Å²) in [6.45, 7) is 1.01. The van der Waals surface area contributed by atoms with E-state index in [0.29, 0.717) is 25.3 Å². The molecule has 1 aliphatic rings. The van der Waals surface area contributed by atoms with E-state index >= 15 is 0 Å². The monoisotopic (exact) mass is 372 g/mol. The van der Waals surface area contributed by atoms with Crippen LogP contribution < -0.4 is 20.1 Å². The first kappa shape index (κ1) is 18.7. The van der Waals surface area contributed by atoms with E-state index in [0.717, 1.165) is 5.75 Å². The van der Waals surface area contributed by atoms with E-state index in [-0.39, 0.29) is 30.5 Å². The largest absolute Gasteiger partial charge is 0.486 e. The minimum Gasteiger partial charge on any atom is -0.486 e. The van der Waals surface area contributed by atoms with Crippen molar-refractivity contribution in [1.29, 1.82) is 0 Å². The fourth-order valence-corrected chi connectivity index (χ4v) is 2.70. The number of nitrogens with one attached hydrogen (secondary N) is 2. The molecule has 1 atom stereocenters. The van der Waals surface area contributed by atoms with E-state index in [4.69, 9.17) is 9.47 Å². The molecule has 1 unspecified atom stereocenters. The number of ether oxygens (including phenoxy) is 2. The quantitative estimate of drug-likeness (QED) is 0.782. The molecule has 0 fully saturated rings. The van der Waals surface area contributed by atoms with Gasteiger partial charge < -0.3 is 20.1 Å². The Hall–Kier alpha value is -3.09. The van der Waals surface area contributed by atoms with Gasteiger partial charge in [-0.25, -0.2) is 4.39 Å². The minimum atomic E-state index is -0.587. The highest BCUT2D eigenvalue weighted by molar-refractivity contribution is 5.94. The van der Waals surface area contributed by atoms with Crippen LogP contribution in [0, 0.1) is 5.82 Å². The topological polar surface area (TPSA) is 76.7 Å². The number of carbonyl (C=O) groups excluding carboxylic acids is 2. The summed E-state index contributed by atoms with van der Waals surface area (Å²) in [5, 5.41) is 5.32. The SMILES string of the molecule is O=C(CCNC(=O)c1ccccc1F)NCCC1COc2ccccc2O1. The smallest absolute Gasteiger partial charge is 0.254 e. The number of rotatable bonds is 7. The molecular formula is C20H21FN2O4. The van der Waals surface area contributed by atoms with E-state index in [9.17, 15) is 14.0 Å². The van der Waals surface area contributed by atoms with Gasteiger partial charge in [-0.3, -0.25) is 9.59 Å². The third-order valence-corrected chi connectivity index (χ3v) is 4.11. The van der Waals surface area contributed by atoms with Gasteiger partial charge in [-0.05, 0) is 24.3 Å². The van der Waals surface area contributed by atoms with Gasteiger partial charge in [0.25, 0.3) is 5.91 Å². The summed E-state index contributed by atoms with van der Waals surface area (Å²) in [5.41, 5.74) is -0.0346. The molecule has 0 spiro atoms. The van der Waals surface area contributed by atoms with Crippen molar-refractivity contribution >= 4 is 11.8 Å². The fraction of sp³-hybridized carbons (Fsp3) is 0.300. The Balaban J connectivity index is 1.32. The molecule has 0 bridgehead atoms. The molecule has 0 aromatic heterocycles. The molecule has 1 heterocycles. The molecule has 142 valence electrons. The molecule has 2 aromatic carbocycles. The van der Waals surface area contributed by atoms with E-state index in [1.165, 1.54) is 18.2 Å². The minimum absolute atomic E-state index is 0.0346. The van der Waals surface area contributed by atoms with Gasteiger partial charge in [0, 0.05) is 25.9 Å². The summed E-state index contributed by atoms with van der Waals surface area (Å²) < 4.78 is 24.9. The summed E-state index contributed by atoms with van der Waals surface area (Å²) in [5.74, 6) is 0.114. The standard InChI is InChI=1S/C20H21FN2O4/c21-16-6-2-1-5-15(16)20(25)23-12-10-19(24)22-11-9-14-13-26-17-7-3-4-8-18(17)27-14/h1-8,14H,9-13H2,(H,22,24)(H,23,25). The Morgan fingerprint density at radius 2 is 1.74 bits per heavy atom. The average Bonchev–Trinajstić information content (AvgIpc) is 2.68. The second kappa shape index (κ2) is 9.02. The highest BCUT2D eigenvalue weighted by Crippen LogP contribution is 2.31. The highest BCUT2D eigenvalue weighted by atomic mass is 19.1. The molecule has 27 heavy (non-hydrogen) atoms. The molecule has 6 nitrogen and oxygen atoms in total. The van der Waals surface area contributed by atoms with Crippen molar-refractivity contribution in [3.05, 3.63) is 59.9 Å². The number of para-hydroxylation sites is 2. The van der Waals surface area contributed by atoms with Crippen LogP contribution in [0.4, 0.5) is 4.39 Å². The molecule has 2 N–H and O–H groups in total. The zero-order chi connectivity index (χ0) is 19.1. The van der Waals surface area contributed by atoms with Gasteiger partial charge in [0.1, 0.15) is 18.5 Å². The van der Waals surface area contributed by atoms with Crippen LogP contribution in [-0.4, -0.2) is 37.6 Å². The molecule has 0 saturated heterocycles. The van der Waals surface area contributed by atoms with E-state index in [1.54, 1.807) is 6.07 Å². The maximum atomic E-state index is 13.5. The summed E-state index contributed by atoms with van der Waals surface area (Å²) in [6.07, 6.45) is 0.605. The maximum Gasteiger partial charge on any atom is 0.254 e. The van der Waals surface area contributed by atoms with Crippen molar-refractivity contribution in [1.82, 2.24) is 10.6 Å². The van der Waals surface area contributed by atoms with E-state index in [2.05, 4.69) is 10.6 Å². The molecule has 0 aliphatic carbocycles. The Morgan fingerprint density at radius 1 is 1.00 bits per heavy atom. The number of fused-ring (bicyclic) bond motifs is 1. The lowest BCUT2D eigenvalue weighted by molar-refractivity contribution is -0.121. The predicted molar refractivity (Wildman–Crippen MR) is 97.3 cm³/mol. The molecule has 2 aromatic rings. The van der Waals surface area contributed by atoms with Crippen LogP contribution >= 0.6 is 0 Å². The Labute approximate surface area is 156 Å². The molecule has 0 saturated carbocycles. The third-order valence-electron chi connectivity index (χ3n) is 4.11. The van der Waals surface area contributed by atoms with Gasteiger partial charge >= 0.3 is 0 Å². The summed E-state index contributed by atoms with van der Waals surface area (Å²) in [7, 11) is 0. The molecule has 2 amide bonds. The first-order chi connectivity index (χ1) is 13.1. The first-order valence-electron chi connectivity index (χ1n) is 8.81. The van der Waals surface area contributed by atoms with Gasteiger partial charge in [-0.1, -0.05) is 24.3 Å². The lowest BCUT2D eigenvalue weighted by Gasteiger charge is -2.26. The Morgan fingerprint density at radius 3 is 2.56 bits per heavy atom. The zero-order valence-electron chi connectivity index (χ0n) is 14.7. The fourth-order valence-electron chi connectivity index (χ4n) is 2.70. The van der Waals surface area contributed by atoms with Crippen LogP contribution in [0.2, 0.25) is 0 Å². The number of hydrogen-bond donors (Lipinski definition) is 2. The number of amides is 2. The van der Waals surface area contributed by atoms with Gasteiger partial charge in [-0.2, -0.15) is 0 Å². The normalized spacial score (nSPS) is 15.1. The van der Waals surface area contributed by atoms with Crippen LogP contribution in [0.25, 0.3) is 0 Å². The molecular weight excluding hydrogens is 351 g/mol. The number of carbonyl (C=O) groups is 2. The van der Waals surface area contributed by atoms with Crippen LogP contribution in [0.15, 0.2) is 48.5 Å². The molecule has 7 heteroatoms. The van der Waals surface area contributed by atoms with Gasteiger partial charge in [0.15, 0.2) is 11.5 Å². The van der Waals surface area contributed by atoms with Crippen LogP contribution in [0.1, 0.15) is 23.2 Å². The van der Waals surface area contributed by atoms with E-state index < -0.39 is 11.7 Å². The van der Waals surface area contributed by atoms with Gasteiger partial charge in [0.05, 0.1) is 5.56 Å². The molecule has 1 aliphatic heterocycles. The summed E-state index contributed by atoms with van der Waals surface area (Å²) in [6, 6.07) is 13.2. The summed E-state index contributed by atoms with van der Waals surface area (Å²) in [4.78, 5) is 23.7. The zero-order valence-corrected chi connectivity index (χ0v) is 14.7. The van der Waals surface area contributed by atoms with Crippen molar-refractivity contribution in [2.24, 2.45) is 0 Å². The van der Waals surface area contributed by atoms with Crippen molar-refractivity contribution in [2.45, 2.75) is 18.9 Å². The number of benzene rings is 2. The van der Waals surface area contributed by atoms with Crippen LogP contribution in [0.3, 0.4) is 0 Å². The third kappa shape index (κ3) is 5.20. The molecule has 0 radical (unpaired) electrons. The average molecular weight is 372 g/mol. The van der Waals surface area contributed by atoms with Crippen molar-refractivity contribution < 1.29 is 23.5 Å². The first-order valence-corrected chi connectivity index (χ1v) is 8.81. The lowest BCUT2D eigenvalue weighted by atomic mass is 10.2. The summed E-state index contributed by atoms with van der Waals surface area (Å²) >= 11 is 0. The predicted octanol–water partition coefficient (Wildman–Crippen LogP) is 2.29. The second-order valence-electron chi connectivity index (χ2n) is 6.12. The van der Waals surface area contributed by atoms with Gasteiger partial charge in [0.2, 0.25) is 5.91 Å². The maximum absolute atomic E-state index is 13.5. The van der Waals surface area contributed by atoms with Crippen molar-refractivity contribution in [3.8, 4) is 11.5 Å². The van der Waals surface area contributed by atoms with Gasteiger partial charge in [-0.15, -0.1) is 0 Å².